The zero-order chi connectivity index (χ0) is 23.7. The van der Waals surface area contributed by atoms with Crippen molar-refractivity contribution >= 4 is 34.4 Å². The van der Waals surface area contributed by atoms with E-state index in [9.17, 15) is 18.8 Å². The number of rotatable bonds is 5. The van der Waals surface area contributed by atoms with Crippen LogP contribution in [-0.4, -0.2) is 26.1 Å². The molecular weight excluding hydrogens is 430 g/mol. The van der Waals surface area contributed by atoms with Crippen LogP contribution < -0.4 is 21.9 Å². The number of nitrogen functional groups attached to an aromatic ring is 2. The number of benzene rings is 2. The van der Waals surface area contributed by atoms with E-state index in [-0.39, 0.29) is 46.5 Å². The maximum Gasteiger partial charge on any atom is 0.267 e. The van der Waals surface area contributed by atoms with E-state index in [1.807, 2.05) is 6.07 Å². The van der Waals surface area contributed by atoms with Crippen LogP contribution in [0.2, 0.25) is 0 Å². The number of nitrogens with zero attached hydrogens (tertiary/aromatic N) is 6. The highest BCUT2D eigenvalue weighted by molar-refractivity contribution is 5.84. The summed E-state index contributed by atoms with van der Waals surface area (Å²) in [5.74, 6) is -0.199. The van der Waals surface area contributed by atoms with Gasteiger partial charge in [0.2, 0.25) is 11.9 Å². The average Bonchev–Trinajstić information content (AvgIpc) is 2.79. The zero-order valence-electron chi connectivity index (χ0n) is 17.4. The molecule has 4 N–H and O–H groups in total. The van der Waals surface area contributed by atoms with Crippen LogP contribution in [0.15, 0.2) is 53.3 Å². The number of nitriles is 1. The van der Waals surface area contributed by atoms with Crippen LogP contribution in [0.5, 0.6) is 0 Å². The molecule has 11 heteroatoms. The standard InChI is InChI=1S/C22H18F2N8O/c1-2-31(19-14(11-25)18(26)29-21(27)30-19)22-28-15-10-6-9-13(17(23)24)16(15)20(33)32(22)12-7-4-3-5-8-12/h3-10,17H,2H2,1H3,(H4,26,27,29,30). The molecule has 0 aliphatic carbocycles. The lowest BCUT2D eigenvalue weighted by molar-refractivity contribution is 0.153. The lowest BCUT2D eigenvalue weighted by Crippen LogP contribution is -2.31. The molecule has 33 heavy (non-hydrogen) atoms. The van der Waals surface area contributed by atoms with E-state index in [1.165, 1.54) is 27.7 Å². The van der Waals surface area contributed by atoms with Gasteiger partial charge in [-0.25, -0.2) is 18.3 Å². The summed E-state index contributed by atoms with van der Waals surface area (Å²) in [6.07, 6.45) is -2.87. The second kappa shape index (κ2) is 8.51. The van der Waals surface area contributed by atoms with Crippen molar-refractivity contribution in [1.29, 1.82) is 5.26 Å². The number of hydrogen-bond donors (Lipinski definition) is 2. The van der Waals surface area contributed by atoms with Gasteiger partial charge in [0.1, 0.15) is 17.5 Å². The third-order valence-corrected chi connectivity index (χ3v) is 5.02. The molecule has 0 saturated carbocycles. The van der Waals surface area contributed by atoms with Crippen molar-refractivity contribution in [3.05, 3.63) is 70.0 Å². The average molecular weight is 448 g/mol. The summed E-state index contributed by atoms with van der Waals surface area (Å²) in [6, 6.07) is 14.5. The van der Waals surface area contributed by atoms with Crippen LogP contribution >= 0.6 is 0 Å². The second-order valence-electron chi connectivity index (χ2n) is 6.95. The molecule has 0 aliphatic rings. The number of fused-ring (bicyclic) bond motifs is 1. The minimum Gasteiger partial charge on any atom is -0.382 e. The zero-order valence-corrected chi connectivity index (χ0v) is 17.4. The van der Waals surface area contributed by atoms with Crippen LogP contribution in [0.1, 0.15) is 24.5 Å². The summed E-state index contributed by atoms with van der Waals surface area (Å²) < 4.78 is 28.6. The van der Waals surface area contributed by atoms with Gasteiger partial charge in [-0.3, -0.25) is 9.69 Å². The number of halogens is 2. The highest BCUT2D eigenvalue weighted by atomic mass is 19.3. The van der Waals surface area contributed by atoms with Gasteiger partial charge in [0, 0.05) is 12.1 Å². The Morgan fingerprint density at radius 3 is 2.45 bits per heavy atom. The molecule has 0 aliphatic heterocycles. The monoisotopic (exact) mass is 448 g/mol. The maximum absolute atomic E-state index is 13.7. The first kappa shape index (κ1) is 21.6. The first-order valence-corrected chi connectivity index (χ1v) is 9.87. The molecule has 0 bridgehead atoms. The van der Waals surface area contributed by atoms with Gasteiger partial charge in [0.05, 0.1) is 16.6 Å². The van der Waals surface area contributed by atoms with Crippen LogP contribution in [0.4, 0.5) is 32.3 Å². The van der Waals surface area contributed by atoms with Crippen molar-refractivity contribution < 1.29 is 8.78 Å². The number of anilines is 4. The predicted molar refractivity (Wildman–Crippen MR) is 121 cm³/mol. The van der Waals surface area contributed by atoms with Gasteiger partial charge >= 0.3 is 0 Å². The summed E-state index contributed by atoms with van der Waals surface area (Å²) in [5, 5.41) is 9.45. The number of para-hydroxylation sites is 1. The van der Waals surface area contributed by atoms with E-state index in [1.54, 1.807) is 37.3 Å². The van der Waals surface area contributed by atoms with Gasteiger partial charge in [0.25, 0.3) is 12.0 Å². The highest BCUT2D eigenvalue weighted by Gasteiger charge is 2.26. The molecule has 0 unspecified atom stereocenters. The van der Waals surface area contributed by atoms with Crippen molar-refractivity contribution in [2.45, 2.75) is 13.3 Å². The molecular formula is C22H18F2N8O. The Morgan fingerprint density at radius 1 is 1.09 bits per heavy atom. The largest absolute Gasteiger partial charge is 0.382 e. The van der Waals surface area contributed by atoms with Crippen molar-refractivity contribution in [2.24, 2.45) is 0 Å². The van der Waals surface area contributed by atoms with Gasteiger partial charge < -0.3 is 11.5 Å². The summed E-state index contributed by atoms with van der Waals surface area (Å²) >= 11 is 0. The number of nitrogens with two attached hydrogens (primary N) is 2. The molecule has 0 amide bonds. The lowest BCUT2D eigenvalue weighted by Gasteiger charge is -2.26. The molecule has 4 aromatic rings. The predicted octanol–water partition coefficient (Wildman–Crippen LogP) is 3.31. The van der Waals surface area contributed by atoms with Crippen molar-refractivity contribution in [2.75, 3.05) is 22.9 Å². The Kier molecular flexibility index (Phi) is 5.58. The molecule has 166 valence electrons. The third-order valence-electron chi connectivity index (χ3n) is 5.02. The minimum absolute atomic E-state index is 0.0472. The molecule has 0 fully saturated rings. The summed E-state index contributed by atoms with van der Waals surface area (Å²) in [5.41, 5.74) is 10.9. The molecule has 0 saturated heterocycles. The normalized spacial score (nSPS) is 11.0. The van der Waals surface area contributed by atoms with Crippen molar-refractivity contribution in [3.8, 4) is 11.8 Å². The number of alkyl halides is 2. The molecule has 9 nitrogen and oxygen atoms in total. The van der Waals surface area contributed by atoms with Crippen molar-refractivity contribution in [1.82, 2.24) is 19.5 Å². The van der Waals surface area contributed by atoms with E-state index in [0.717, 1.165) is 0 Å². The minimum atomic E-state index is -2.87. The SMILES string of the molecule is CCN(c1nc(N)nc(N)c1C#N)c1nc2cccc(C(F)F)c2c(=O)n1-c1ccccc1. The molecule has 0 spiro atoms. The quantitative estimate of drug-likeness (QED) is 0.474. The summed E-state index contributed by atoms with van der Waals surface area (Å²) in [7, 11) is 0. The Hall–Kier alpha value is -4.59. The molecule has 0 radical (unpaired) electrons. The summed E-state index contributed by atoms with van der Waals surface area (Å²) in [4.78, 5) is 27.6. The fourth-order valence-electron chi connectivity index (χ4n) is 3.59. The Balaban J connectivity index is 2.14. The van der Waals surface area contributed by atoms with E-state index in [2.05, 4.69) is 15.0 Å². The summed E-state index contributed by atoms with van der Waals surface area (Å²) in [6.45, 7) is 1.95. The maximum atomic E-state index is 13.7. The van der Waals surface area contributed by atoms with E-state index in [4.69, 9.17) is 11.5 Å². The second-order valence-corrected chi connectivity index (χ2v) is 6.95. The number of hydrogen-bond acceptors (Lipinski definition) is 8. The molecule has 2 aromatic carbocycles. The molecule has 2 aromatic heterocycles. The Labute approximate surface area is 186 Å². The van der Waals surface area contributed by atoms with Gasteiger partial charge in [-0.15, -0.1) is 0 Å². The third kappa shape index (κ3) is 3.67. The Bertz CT molecular complexity index is 1450. The molecule has 4 rings (SSSR count). The first-order chi connectivity index (χ1) is 15.9. The molecule has 2 heterocycles. The lowest BCUT2D eigenvalue weighted by atomic mass is 10.1. The van der Waals surface area contributed by atoms with Gasteiger partial charge in [-0.1, -0.05) is 30.3 Å². The number of aromatic nitrogens is 4. The Morgan fingerprint density at radius 2 is 1.82 bits per heavy atom. The topological polar surface area (TPSA) is 140 Å². The molecule has 0 atom stereocenters. The van der Waals surface area contributed by atoms with Gasteiger partial charge in [-0.2, -0.15) is 15.2 Å². The fraction of sp³-hybridized carbons (Fsp3) is 0.136. The van der Waals surface area contributed by atoms with E-state index in [0.29, 0.717) is 5.69 Å². The van der Waals surface area contributed by atoms with Crippen LogP contribution in [0.3, 0.4) is 0 Å². The van der Waals surface area contributed by atoms with Crippen molar-refractivity contribution in [3.63, 3.8) is 0 Å². The van der Waals surface area contributed by atoms with Gasteiger partial charge in [0.15, 0.2) is 5.82 Å². The first-order valence-electron chi connectivity index (χ1n) is 9.87. The smallest absolute Gasteiger partial charge is 0.267 e. The van der Waals surface area contributed by atoms with Crippen LogP contribution in [0, 0.1) is 11.3 Å². The van der Waals surface area contributed by atoms with Gasteiger partial charge in [-0.05, 0) is 25.1 Å². The van der Waals surface area contributed by atoms with Crippen LogP contribution in [0.25, 0.3) is 16.6 Å². The fourth-order valence-corrected chi connectivity index (χ4v) is 3.59. The van der Waals surface area contributed by atoms with E-state index < -0.39 is 17.5 Å². The van der Waals surface area contributed by atoms with Crippen LogP contribution in [-0.2, 0) is 0 Å². The van der Waals surface area contributed by atoms with E-state index >= 15 is 0 Å². The highest BCUT2D eigenvalue weighted by Crippen LogP contribution is 2.32.